The van der Waals surface area contributed by atoms with Gasteiger partial charge in [-0.3, -0.25) is 10.1 Å². The minimum absolute atomic E-state index is 0.0443. The van der Waals surface area contributed by atoms with Gasteiger partial charge in [0.15, 0.2) is 10.8 Å². The van der Waals surface area contributed by atoms with Gasteiger partial charge < -0.3 is 10.1 Å². The molecule has 20 heavy (non-hydrogen) atoms. The summed E-state index contributed by atoms with van der Waals surface area (Å²) in [5.41, 5.74) is 0.754. The first-order valence-electron chi connectivity index (χ1n) is 5.49. The smallest absolute Gasteiger partial charge is 0.331 e. The highest BCUT2D eigenvalue weighted by atomic mass is 35.5. The third kappa shape index (κ3) is 2.59. The number of hydrogen-bond donors (Lipinski definition) is 3. The average Bonchev–Trinajstić information content (AvgIpc) is 2.85. The molecule has 3 N–H and O–H groups in total. The van der Waals surface area contributed by atoms with E-state index in [0.29, 0.717) is 11.2 Å². The first-order valence-corrected chi connectivity index (χ1v) is 5.86. The molecule has 0 aliphatic carbocycles. The number of carbonyl (C=O) groups is 2. The second-order valence-electron chi connectivity index (χ2n) is 3.95. The molecule has 2 aromatic heterocycles. The van der Waals surface area contributed by atoms with Gasteiger partial charge in [-0.1, -0.05) is 11.6 Å². The number of carbonyl (C=O) groups excluding carboxylic acids is 1. The van der Waals surface area contributed by atoms with E-state index in [1.54, 1.807) is 0 Å². The molecule has 2 rings (SSSR count). The van der Waals surface area contributed by atoms with Gasteiger partial charge in [0.1, 0.15) is 5.52 Å². The second-order valence-corrected chi connectivity index (χ2v) is 4.31. The summed E-state index contributed by atoms with van der Waals surface area (Å²) >= 11 is 5.90. The van der Waals surface area contributed by atoms with Gasteiger partial charge in [-0.05, 0) is 13.8 Å². The Morgan fingerprint density at radius 2 is 2.00 bits per heavy atom. The van der Waals surface area contributed by atoms with Crippen LogP contribution in [0.15, 0.2) is 17.5 Å². The summed E-state index contributed by atoms with van der Waals surface area (Å²) in [5.74, 6) is -1.83. The summed E-state index contributed by atoms with van der Waals surface area (Å²) in [5, 5.41) is 11.3. The van der Waals surface area contributed by atoms with E-state index < -0.39 is 11.9 Å². The Balaban J connectivity index is 2.30. The summed E-state index contributed by atoms with van der Waals surface area (Å²) in [6, 6.07) is 0. The molecule has 2 aromatic rings. The molecule has 8 nitrogen and oxygen atoms in total. The Hall–Kier alpha value is -2.48. The molecule has 0 saturated heterocycles. The standard InChI is InChI=1S/C11H10ClN5O3/c1-4(5(2)10(19)20)9(18)17-11-15-7(12)6-8(16-11)14-3-13-6/h3H,1-2H3,(H,19,20)(H2,13,14,15,16,17,18). The van der Waals surface area contributed by atoms with Crippen molar-refractivity contribution >= 4 is 40.6 Å². The van der Waals surface area contributed by atoms with Crippen LogP contribution in [-0.2, 0) is 9.59 Å². The van der Waals surface area contributed by atoms with Crippen LogP contribution >= 0.6 is 11.6 Å². The number of aromatic amines is 1. The van der Waals surface area contributed by atoms with Crippen LogP contribution in [-0.4, -0.2) is 36.9 Å². The van der Waals surface area contributed by atoms with Crippen LogP contribution in [0.25, 0.3) is 11.2 Å². The van der Waals surface area contributed by atoms with Gasteiger partial charge in [0.05, 0.1) is 6.33 Å². The Labute approximate surface area is 117 Å². The number of rotatable bonds is 3. The number of amides is 1. The molecule has 104 valence electrons. The van der Waals surface area contributed by atoms with Crippen LogP contribution in [0.2, 0.25) is 5.15 Å². The maximum Gasteiger partial charge on any atom is 0.331 e. The van der Waals surface area contributed by atoms with Crippen molar-refractivity contribution in [1.82, 2.24) is 19.9 Å². The monoisotopic (exact) mass is 295 g/mol. The summed E-state index contributed by atoms with van der Waals surface area (Å²) in [7, 11) is 0. The highest BCUT2D eigenvalue weighted by Gasteiger charge is 2.15. The van der Waals surface area contributed by atoms with E-state index in [0.717, 1.165) is 0 Å². The van der Waals surface area contributed by atoms with Crippen molar-refractivity contribution in [2.24, 2.45) is 0 Å². The normalized spacial score (nSPS) is 12.2. The topological polar surface area (TPSA) is 121 Å². The number of imidazole rings is 1. The number of halogens is 1. The van der Waals surface area contributed by atoms with E-state index >= 15 is 0 Å². The first kappa shape index (κ1) is 13.9. The SMILES string of the molecule is CC(C(=O)O)=C(C)C(=O)Nc1nc(Cl)c2[nH]cnc2n1. The number of nitrogens with one attached hydrogen (secondary N) is 2. The van der Waals surface area contributed by atoms with Crippen molar-refractivity contribution in [3.63, 3.8) is 0 Å². The lowest BCUT2D eigenvalue weighted by atomic mass is 10.1. The number of H-pyrrole nitrogens is 1. The molecular formula is C11H10ClN5O3. The van der Waals surface area contributed by atoms with Crippen LogP contribution in [0.4, 0.5) is 5.95 Å². The number of carboxylic acids is 1. The number of aromatic nitrogens is 4. The predicted molar refractivity (Wildman–Crippen MR) is 71.3 cm³/mol. The molecule has 9 heteroatoms. The second kappa shape index (κ2) is 5.25. The van der Waals surface area contributed by atoms with Crippen molar-refractivity contribution in [3.8, 4) is 0 Å². The summed E-state index contributed by atoms with van der Waals surface area (Å²) < 4.78 is 0. The number of fused-ring (bicyclic) bond motifs is 1. The van der Waals surface area contributed by atoms with Gasteiger partial charge in [-0.2, -0.15) is 9.97 Å². The largest absolute Gasteiger partial charge is 0.478 e. The van der Waals surface area contributed by atoms with E-state index in [4.69, 9.17) is 16.7 Å². The Morgan fingerprint density at radius 1 is 1.30 bits per heavy atom. The molecule has 0 bridgehead atoms. The number of hydrogen-bond acceptors (Lipinski definition) is 5. The lowest BCUT2D eigenvalue weighted by molar-refractivity contribution is -0.133. The molecule has 0 atom stereocenters. The summed E-state index contributed by atoms with van der Waals surface area (Å²) in [6.07, 6.45) is 1.40. The zero-order valence-electron chi connectivity index (χ0n) is 10.6. The molecule has 0 aromatic carbocycles. The van der Waals surface area contributed by atoms with Gasteiger partial charge in [0, 0.05) is 11.1 Å². The summed E-state index contributed by atoms with van der Waals surface area (Å²) in [6.45, 7) is 2.73. The van der Waals surface area contributed by atoms with E-state index in [1.807, 2.05) is 0 Å². The van der Waals surface area contributed by atoms with Gasteiger partial charge in [0.2, 0.25) is 5.95 Å². The fraction of sp³-hybridized carbons (Fsp3) is 0.182. The van der Waals surface area contributed by atoms with E-state index in [2.05, 4.69) is 25.3 Å². The Morgan fingerprint density at radius 3 is 2.65 bits per heavy atom. The average molecular weight is 296 g/mol. The third-order valence-corrected chi connectivity index (χ3v) is 2.96. The predicted octanol–water partition coefficient (Wildman–Crippen LogP) is 1.37. The first-order chi connectivity index (χ1) is 9.40. The van der Waals surface area contributed by atoms with Crippen LogP contribution in [0.5, 0.6) is 0 Å². The van der Waals surface area contributed by atoms with Crippen LogP contribution < -0.4 is 5.32 Å². The van der Waals surface area contributed by atoms with Gasteiger partial charge in [-0.15, -0.1) is 0 Å². The van der Waals surface area contributed by atoms with Crippen molar-refractivity contribution in [2.75, 3.05) is 5.32 Å². The van der Waals surface area contributed by atoms with Crippen LogP contribution in [0.3, 0.4) is 0 Å². The molecule has 1 amide bonds. The van der Waals surface area contributed by atoms with Crippen molar-refractivity contribution in [1.29, 1.82) is 0 Å². The third-order valence-electron chi connectivity index (χ3n) is 2.69. The highest BCUT2D eigenvalue weighted by molar-refractivity contribution is 6.33. The van der Waals surface area contributed by atoms with Gasteiger partial charge in [-0.25, -0.2) is 9.78 Å². The maximum atomic E-state index is 11.9. The molecule has 0 aliphatic rings. The quantitative estimate of drug-likeness (QED) is 0.581. The van der Waals surface area contributed by atoms with Crippen molar-refractivity contribution in [3.05, 3.63) is 22.6 Å². The number of anilines is 1. The lowest BCUT2D eigenvalue weighted by Crippen LogP contribution is -2.18. The zero-order valence-corrected chi connectivity index (χ0v) is 11.3. The minimum atomic E-state index is -1.17. The minimum Gasteiger partial charge on any atom is -0.478 e. The molecular weight excluding hydrogens is 286 g/mol. The molecule has 2 heterocycles. The molecule has 0 fully saturated rings. The Kier molecular flexibility index (Phi) is 3.66. The van der Waals surface area contributed by atoms with Crippen LogP contribution in [0, 0.1) is 0 Å². The van der Waals surface area contributed by atoms with Gasteiger partial charge in [0.25, 0.3) is 5.91 Å². The molecule has 0 spiro atoms. The molecule has 0 aliphatic heterocycles. The number of nitrogens with zero attached hydrogens (tertiary/aromatic N) is 3. The molecule has 0 unspecified atom stereocenters. The molecule has 0 saturated carbocycles. The lowest BCUT2D eigenvalue weighted by Gasteiger charge is -2.05. The van der Waals surface area contributed by atoms with Crippen molar-refractivity contribution < 1.29 is 14.7 Å². The van der Waals surface area contributed by atoms with Crippen LogP contribution in [0.1, 0.15) is 13.8 Å². The van der Waals surface area contributed by atoms with E-state index in [9.17, 15) is 9.59 Å². The summed E-state index contributed by atoms with van der Waals surface area (Å²) in [4.78, 5) is 37.2. The highest BCUT2D eigenvalue weighted by Crippen LogP contribution is 2.18. The van der Waals surface area contributed by atoms with E-state index in [-0.39, 0.29) is 22.2 Å². The Bertz CT molecular complexity index is 737. The fourth-order valence-corrected chi connectivity index (χ4v) is 1.60. The van der Waals surface area contributed by atoms with Gasteiger partial charge >= 0.3 is 5.97 Å². The zero-order chi connectivity index (χ0) is 14.9. The number of carboxylic acid groups (broad SMARTS) is 1. The maximum absolute atomic E-state index is 11.9. The fourth-order valence-electron chi connectivity index (χ4n) is 1.38. The van der Waals surface area contributed by atoms with E-state index in [1.165, 1.54) is 20.2 Å². The van der Waals surface area contributed by atoms with Crippen molar-refractivity contribution in [2.45, 2.75) is 13.8 Å². The number of aliphatic carboxylic acids is 1. The molecule has 0 radical (unpaired) electrons.